The van der Waals surface area contributed by atoms with Crippen molar-refractivity contribution in [3.05, 3.63) is 40.5 Å². The van der Waals surface area contributed by atoms with Gasteiger partial charge in [-0.15, -0.1) is 0 Å². The van der Waals surface area contributed by atoms with Crippen LogP contribution in [-0.4, -0.2) is 15.6 Å². The van der Waals surface area contributed by atoms with Gasteiger partial charge in [0, 0.05) is 16.1 Å². The first-order chi connectivity index (χ1) is 7.63. The Balaban J connectivity index is 2.82. The second kappa shape index (κ2) is 4.14. The average Bonchev–Trinajstić information content (AvgIpc) is 2.58. The first-order valence-corrected chi connectivity index (χ1v) is 5.59. The second-order valence-corrected chi connectivity index (χ2v) is 4.31. The van der Waals surface area contributed by atoms with Crippen molar-refractivity contribution in [3.63, 3.8) is 0 Å². The zero-order valence-corrected chi connectivity index (χ0v) is 10.2. The van der Waals surface area contributed by atoms with E-state index in [9.17, 15) is 4.79 Å². The molecule has 3 nitrogen and oxygen atoms in total. The van der Waals surface area contributed by atoms with Crippen molar-refractivity contribution in [1.29, 1.82) is 0 Å². The number of benzene rings is 1. The highest BCUT2D eigenvalue weighted by molar-refractivity contribution is 9.10. The summed E-state index contributed by atoms with van der Waals surface area (Å²) in [6.45, 7) is 1.86. The van der Waals surface area contributed by atoms with Gasteiger partial charge in [-0.3, -0.25) is 0 Å². The fraction of sp³-hybridized carbons (Fsp3) is 0.0833. The lowest BCUT2D eigenvalue weighted by atomic mass is 10.2. The molecular weight excluding hydrogens is 270 g/mol. The summed E-state index contributed by atoms with van der Waals surface area (Å²) in [7, 11) is 0. The van der Waals surface area contributed by atoms with Gasteiger partial charge < -0.3 is 9.67 Å². The Labute approximate surface area is 101 Å². The van der Waals surface area contributed by atoms with E-state index >= 15 is 0 Å². The number of aromatic carboxylic acids is 1. The molecule has 82 valence electrons. The van der Waals surface area contributed by atoms with Crippen LogP contribution in [0.2, 0.25) is 0 Å². The molecule has 0 unspecified atom stereocenters. The van der Waals surface area contributed by atoms with E-state index in [0.717, 1.165) is 15.4 Å². The summed E-state index contributed by atoms with van der Waals surface area (Å²) in [5, 5.41) is 10.0. The number of hydrogen-bond donors (Lipinski definition) is 1. The first-order valence-electron chi connectivity index (χ1n) is 4.80. The van der Waals surface area contributed by atoms with E-state index in [-0.39, 0.29) is 5.69 Å². The maximum Gasteiger partial charge on any atom is 0.352 e. The summed E-state index contributed by atoms with van der Waals surface area (Å²) in [4.78, 5) is 11.1. The minimum Gasteiger partial charge on any atom is -0.477 e. The van der Waals surface area contributed by atoms with E-state index in [1.807, 2.05) is 31.2 Å². The Morgan fingerprint density at radius 2 is 2.19 bits per heavy atom. The van der Waals surface area contributed by atoms with Gasteiger partial charge in [-0.1, -0.05) is 28.1 Å². The smallest absolute Gasteiger partial charge is 0.352 e. The van der Waals surface area contributed by atoms with Crippen LogP contribution < -0.4 is 0 Å². The summed E-state index contributed by atoms with van der Waals surface area (Å²) in [6.07, 6.45) is 3.56. The van der Waals surface area contributed by atoms with E-state index in [4.69, 9.17) is 5.11 Å². The maximum absolute atomic E-state index is 11.1. The Kier molecular flexibility index (Phi) is 2.83. The Hall–Kier alpha value is -1.55. The minimum absolute atomic E-state index is 0.270. The Morgan fingerprint density at radius 3 is 2.81 bits per heavy atom. The van der Waals surface area contributed by atoms with Crippen LogP contribution in [0.25, 0.3) is 17.1 Å². The lowest BCUT2D eigenvalue weighted by Gasteiger charge is -2.01. The van der Waals surface area contributed by atoms with E-state index in [0.29, 0.717) is 0 Å². The number of fused-ring (bicyclic) bond motifs is 1. The topological polar surface area (TPSA) is 42.2 Å². The van der Waals surface area contributed by atoms with Gasteiger partial charge in [-0.05, 0) is 25.1 Å². The van der Waals surface area contributed by atoms with Gasteiger partial charge in [0.1, 0.15) is 5.69 Å². The number of carbonyl (C=O) groups is 1. The first kappa shape index (κ1) is 11.0. The monoisotopic (exact) mass is 279 g/mol. The van der Waals surface area contributed by atoms with Crippen molar-refractivity contribution in [2.45, 2.75) is 6.92 Å². The van der Waals surface area contributed by atoms with Crippen LogP contribution >= 0.6 is 15.9 Å². The molecule has 16 heavy (non-hydrogen) atoms. The third-order valence-corrected chi connectivity index (χ3v) is 2.81. The van der Waals surface area contributed by atoms with Crippen LogP contribution in [0.4, 0.5) is 0 Å². The second-order valence-electron chi connectivity index (χ2n) is 3.39. The molecule has 0 bridgehead atoms. The van der Waals surface area contributed by atoms with E-state index in [2.05, 4.69) is 15.9 Å². The van der Waals surface area contributed by atoms with Gasteiger partial charge in [0.25, 0.3) is 0 Å². The van der Waals surface area contributed by atoms with Crippen LogP contribution in [0.3, 0.4) is 0 Å². The molecule has 0 aliphatic rings. The molecule has 0 aliphatic carbocycles. The van der Waals surface area contributed by atoms with Gasteiger partial charge >= 0.3 is 5.97 Å². The normalized spacial score (nSPS) is 11.4. The molecule has 1 heterocycles. The van der Waals surface area contributed by atoms with Crippen LogP contribution in [0, 0.1) is 0 Å². The number of rotatable bonds is 2. The molecule has 0 saturated carbocycles. The van der Waals surface area contributed by atoms with Gasteiger partial charge in [0.15, 0.2) is 0 Å². The molecule has 1 aromatic heterocycles. The van der Waals surface area contributed by atoms with Crippen LogP contribution in [0.15, 0.2) is 34.8 Å². The molecule has 0 radical (unpaired) electrons. The molecule has 0 spiro atoms. The van der Waals surface area contributed by atoms with Gasteiger partial charge in [0.2, 0.25) is 0 Å². The maximum atomic E-state index is 11.1. The quantitative estimate of drug-likeness (QED) is 0.913. The van der Waals surface area contributed by atoms with Crippen molar-refractivity contribution in [1.82, 2.24) is 4.57 Å². The minimum atomic E-state index is -0.926. The number of carboxylic acid groups (broad SMARTS) is 1. The number of allylic oxidation sites excluding steroid dienone is 1. The zero-order chi connectivity index (χ0) is 11.7. The molecule has 1 aromatic carbocycles. The fourth-order valence-corrected chi connectivity index (χ4v) is 2.02. The standard InChI is InChI=1S/C12H10BrNO2/c1-2-5-14-10-7-9(13)4-3-8(10)6-11(14)12(15)16/h2-7H,1H3,(H,15,16)/b5-2+. The molecule has 1 N–H and O–H groups in total. The summed E-state index contributed by atoms with van der Waals surface area (Å²) in [5.74, 6) is -0.926. The molecule has 4 heteroatoms. The largest absolute Gasteiger partial charge is 0.477 e. The zero-order valence-electron chi connectivity index (χ0n) is 8.64. The van der Waals surface area contributed by atoms with E-state index < -0.39 is 5.97 Å². The summed E-state index contributed by atoms with van der Waals surface area (Å²) < 4.78 is 2.60. The van der Waals surface area contributed by atoms with Gasteiger partial charge in [-0.25, -0.2) is 4.79 Å². The third kappa shape index (κ3) is 1.76. The van der Waals surface area contributed by atoms with Crippen LogP contribution in [-0.2, 0) is 0 Å². The number of nitrogens with zero attached hydrogens (tertiary/aromatic N) is 1. The lowest BCUT2D eigenvalue weighted by molar-refractivity contribution is 0.0689. The number of aromatic nitrogens is 1. The number of hydrogen-bond acceptors (Lipinski definition) is 1. The highest BCUT2D eigenvalue weighted by atomic mass is 79.9. The highest BCUT2D eigenvalue weighted by Gasteiger charge is 2.12. The third-order valence-electron chi connectivity index (χ3n) is 2.32. The number of halogens is 1. The number of carboxylic acids is 1. The van der Waals surface area contributed by atoms with Gasteiger partial charge in [0.05, 0.1) is 5.52 Å². The van der Waals surface area contributed by atoms with Crippen molar-refractivity contribution >= 4 is 39.0 Å². The molecule has 2 rings (SSSR count). The SMILES string of the molecule is C/C=C/n1c(C(=O)O)cc2ccc(Br)cc21. The highest BCUT2D eigenvalue weighted by Crippen LogP contribution is 2.24. The molecule has 2 aromatic rings. The van der Waals surface area contributed by atoms with Crippen molar-refractivity contribution in [2.24, 2.45) is 0 Å². The van der Waals surface area contributed by atoms with Gasteiger partial charge in [-0.2, -0.15) is 0 Å². The molecular formula is C12H10BrNO2. The van der Waals surface area contributed by atoms with E-state index in [1.54, 1.807) is 16.8 Å². The average molecular weight is 280 g/mol. The molecule has 0 saturated heterocycles. The van der Waals surface area contributed by atoms with Crippen molar-refractivity contribution in [2.75, 3.05) is 0 Å². The van der Waals surface area contributed by atoms with Crippen molar-refractivity contribution < 1.29 is 9.90 Å². The van der Waals surface area contributed by atoms with Crippen LogP contribution in [0.5, 0.6) is 0 Å². The van der Waals surface area contributed by atoms with Crippen molar-refractivity contribution in [3.8, 4) is 0 Å². The summed E-state index contributed by atoms with van der Waals surface area (Å²) >= 11 is 3.38. The fourth-order valence-electron chi connectivity index (χ4n) is 1.67. The van der Waals surface area contributed by atoms with E-state index in [1.165, 1.54) is 0 Å². The summed E-state index contributed by atoms with van der Waals surface area (Å²) in [5.41, 5.74) is 1.15. The molecule has 0 atom stereocenters. The Bertz CT molecular complexity index is 584. The molecule has 0 aliphatic heterocycles. The van der Waals surface area contributed by atoms with Crippen LogP contribution in [0.1, 0.15) is 17.4 Å². The lowest BCUT2D eigenvalue weighted by Crippen LogP contribution is -2.02. The Morgan fingerprint density at radius 1 is 1.44 bits per heavy atom. The predicted octanol–water partition coefficient (Wildman–Crippen LogP) is 3.59. The summed E-state index contributed by atoms with van der Waals surface area (Å²) in [6, 6.07) is 7.37. The molecule has 0 amide bonds. The molecule has 0 fully saturated rings. The predicted molar refractivity (Wildman–Crippen MR) is 67.6 cm³/mol.